The molecule has 2 aliphatic rings. The van der Waals surface area contributed by atoms with Crippen molar-refractivity contribution in [1.29, 1.82) is 0 Å². The van der Waals surface area contributed by atoms with E-state index in [1.807, 2.05) is 60.7 Å². The van der Waals surface area contributed by atoms with Crippen LogP contribution >= 0.6 is 0 Å². The molecular weight excluding hydrogens is 945 g/mol. The summed E-state index contributed by atoms with van der Waals surface area (Å²) in [6.07, 6.45) is 5.41. The summed E-state index contributed by atoms with van der Waals surface area (Å²) in [7, 11) is 13.0. The van der Waals surface area contributed by atoms with Gasteiger partial charge in [0.25, 0.3) is 0 Å². The molecule has 4 aromatic rings. The molecule has 0 saturated heterocycles. The molecular formula is C55H70N2O16. The van der Waals surface area contributed by atoms with Gasteiger partial charge in [-0.1, -0.05) is 12.1 Å². The van der Waals surface area contributed by atoms with Crippen molar-refractivity contribution in [2.24, 2.45) is 0 Å². The van der Waals surface area contributed by atoms with Crippen LogP contribution in [-0.4, -0.2) is 141 Å². The number of benzene rings is 4. The minimum absolute atomic E-state index is 0.243. The molecule has 0 spiro atoms. The zero-order valence-electron chi connectivity index (χ0n) is 43.8. The smallest absolute Gasteiger partial charge is 0.312 e. The van der Waals surface area contributed by atoms with Crippen LogP contribution in [0.4, 0.5) is 0 Å². The van der Waals surface area contributed by atoms with Crippen LogP contribution in [-0.2, 0) is 54.3 Å². The molecule has 0 amide bonds. The molecule has 0 aliphatic carbocycles. The van der Waals surface area contributed by atoms with Crippen LogP contribution in [0.15, 0.2) is 60.7 Å². The third-order valence-electron chi connectivity index (χ3n) is 12.0. The molecule has 18 nitrogen and oxygen atoms in total. The molecule has 6 rings (SSSR count). The van der Waals surface area contributed by atoms with E-state index in [9.17, 15) is 9.59 Å². The Bertz CT molecular complexity index is 2400. The number of esters is 2. The maximum Gasteiger partial charge on any atom is 0.312 e. The van der Waals surface area contributed by atoms with E-state index in [0.29, 0.717) is 98.0 Å². The summed E-state index contributed by atoms with van der Waals surface area (Å²) in [6, 6.07) is 20.0. The predicted molar refractivity (Wildman–Crippen MR) is 268 cm³/mol. The second kappa shape index (κ2) is 29.7. The molecule has 18 heteroatoms. The number of carboxylic acid groups (broad SMARTS) is 2. The molecule has 0 atom stereocenters. The van der Waals surface area contributed by atoms with Gasteiger partial charge in [0.2, 0.25) is 0 Å². The van der Waals surface area contributed by atoms with Gasteiger partial charge in [-0.15, -0.1) is 0 Å². The number of carbonyl (C=O) groups excluding carboxylic acids is 4. The zero-order chi connectivity index (χ0) is 53.5. The first-order chi connectivity index (χ1) is 35.1. The summed E-state index contributed by atoms with van der Waals surface area (Å²) >= 11 is 0. The normalized spacial score (nSPS) is 12.3. The van der Waals surface area contributed by atoms with Gasteiger partial charge < -0.3 is 67.2 Å². The lowest BCUT2D eigenvalue weighted by Crippen LogP contribution is -2.33. The monoisotopic (exact) mass is 1010 g/mol. The quantitative estimate of drug-likeness (QED) is 0.0547. The van der Waals surface area contributed by atoms with E-state index >= 15 is 0 Å². The molecule has 0 unspecified atom stereocenters. The van der Waals surface area contributed by atoms with Crippen LogP contribution in [0.25, 0.3) is 0 Å². The fourth-order valence-corrected chi connectivity index (χ4v) is 8.54. The van der Waals surface area contributed by atoms with E-state index in [1.165, 1.54) is 0 Å². The largest absolute Gasteiger partial charge is 0.550 e. The SMILES string of the molecule is CC(=O)[O-].CC(=O)[O-].COc1ccc(CC2=[N+](CCC(=O)OCCCCCOC(=O)CC[N+]3=C(Cc4ccc(OC)c(OC)c4)c4cc(OC)c(OC)cc4CC3)CCc3cc(OC)c(OC)cc32)cc1OC. The topological polar surface area (TPSA) is 213 Å². The third kappa shape index (κ3) is 17.4. The summed E-state index contributed by atoms with van der Waals surface area (Å²) in [5.41, 5.74) is 8.70. The van der Waals surface area contributed by atoms with Gasteiger partial charge in [-0.05, 0) is 104 Å². The lowest BCUT2D eigenvalue weighted by atomic mass is 9.92. The predicted octanol–water partition coefficient (Wildman–Crippen LogP) is 4.21. The van der Waals surface area contributed by atoms with Gasteiger partial charge in [-0.2, -0.15) is 0 Å². The minimum Gasteiger partial charge on any atom is -0.550 e. The summed E-state index contributed by atoms with van der Waals surface area (Å²) in [5.74, 6) is 2.64. The first-order valence-corrected chi connectivity index (χ1v) is 23.9. The van der Waals surface area contributed by atoms with Crippen LogP contribution in [0.1, 0.15) is 79.3 Å². The van der Waals surface area contributed by atoms with Crippen molar-refractivity contribution in [1.82, 2.24) is 0 Å². The highest BCUT2D eigenvalue weighted by atomic mass is 16.5. The summed E-state index contributed by atoms with van der Waals surface area (Å²) in [6.45, 7) is 5.06. The van der Waals surface area contributed by atoms with Crippen molar-refractivity contribution in [2.45, 2.75) is 71.6 Å². The van der Waals surface area contributed by atoms with Crippen LogP contribution in [0.5, 0.6) is 46.0 Å². The highest BCUT2D eigenvalue weighted by Crippen LogP contribution is 2.36. The average Bonchev–Trinajstić information content (AvgIpc) is 3.38. The Morgan fingerprint density at radius 2 is 0.767 bits per heavy atom. The van der Waals surface area contributed by atoms with Crippen LogP contribution in [0.2, 0.25) is 0 Å². The second-order valence-electron chi connectivity index (χ2n) is 16.8. The van der Waals surface area contributed by atoms with Gasteiger partial charge in [0, 0.05) is 35.9 Å². The van der Waals surface area contributed by atoms with Gasteiger partial charge in [0.1, 0.15) is 25.9 Å². The molecule has 2 aliphatic heterocycles. The van der Waals surface area contributed by atoms with Crippen molar-refractivity contribution in [3.63, 3.8) is 0 Å². The lowest BCUT2D eigenvalue weighted by Gasteiger charge is -2.21. The molecule has 396 valence electrons. The van der Waals surface area contributed by atoms with E-state index in [-0.39, 0.29) is 24.8 Å². The molecule has 2 heterocycles. The van der Waals surface area contributed by atoms with Crippen LogP contribution in [0, 0.1) is 0 Å². The Hall–Kier alpha value is -7.50. The molecule has 73 heavy (non-hydrogen) atoms. The number of ether oxygens (including phenoxy) is 10. The molecule has 4 aromatic carbocycles. The fourth-order valence-electron chi connectivity index (χ4n) is 8.54. The van der Waals surface area contributed by atoms with Crippen molar-refractivity contribution in [2.75, 3.05) is 96.3 Å². The Kier molecular flexibility index (Phi) is 23.7. The maximum absolute atomic E-state index is 13.0. The zero-order valence-corrected chi connectivity index (χ0v) is 43.8. The van der Waals surface area contributed by atoms with Crippen LogP contribution < -0.4 is 48.1 Å². The number of aliphatic carboxylic acids is 2. The Balaban J connectivity index is 0.00000134. The van der Waals surface area contributed by atoms with E-state index in [0.717, 1.165) is 91.0 Å². The lowest BCUT2D eigenvalue weighted by molar-refractivity contribution is -0.528. The first-order valence-electron chi connectivity index (χ1n) is 23.9. The number of hydrogen-bond acceptors (Lipinski definition) is 16. The van der Waals surface area contributed by atoms with E-state index in [2.05, 4.69) is 9.15 Å². The number of hydrogen-bond donors (Lipinski definition) is 0. The Morgan fingerprint density at radius 3 is 1.10 bits per heavy atom. The Labute approximate surface area is 427 Å². The number of rotatable bonds is 24. The van der Waals surface area contributed by atoms with Gasteiger partial charge in [-0.3, -0.25) is 9.59 Å². The number of unbranched alkanes of at least 4 members (excludes halogenated alkanes) is 2. The van der Waals surface area contributed by atoms with Crippen molar-refractivity contribution < 1.29 is 85.9 Å². The number of carbonyl (C=O) groups is 4. The molecule has 0 bridgehead atoms. The fraction of sp³-hybridized carbons (Fsp3) is 0.455. The highest BCUT2D eigenvalue weighted by molar-refractivity contribution is 6.01. The molecule has 0 fully saturated rings. The third-order valence-corrected chi connectivity index (χ3v) is 12.0. The van der Waals surface area contributed by atoms with Gasteiger partial charge >= 0.3 is 11.9 Å². The van der Waals surface area contributed by atoms with Gasteiger partial charge in [-0.25, -0.2) is 9.15 Å². The highest BCUT2D eigenvalue weighted by Gasteiger charge is 2.31. The summed E-state index contributed by atoms with van der Waals surface area (Å²) in [5, 5.41) is 17.8. The van der Waals surface area contributed by atoms with E-state index < -0.39 is 11.9 Å². The molecule has 0 aromatic heterocycles. The second-order valence-corrected chi connectivity index (χ2v) is 16.8. The van der Waals surface area contributed by atoms with Gasteiger partial charge in [0.15, 0.2) is 70.5 Å². The van der Waals surface area contributed by atoms with Crippen LogP contribution in [0.3, 0.4) is 0 Å². The number of methoxy groups -OCH3 is 8. The minimum atomic E-state index is -1.08. The van der Waals surface area contributed by atoms with Crippen molar-refractivity contribution in [3.05, 3.63) is 94.0 Å². The summed E-state index contributed by atoms with van der Waals surface area (Å²) in [4.78, 5) is 43.8. The standard InChI is InChI=1S/C51H64N2O12.2C2H4O2/c1-56-42-14-12-34(28-44(42)58-3)26-40-38-32-48(62-7)46(60-5)30-36(38)16-20-52(40)22-18-50(54)64-24-10-9-11-25-65-51(55)19-23-53-21-17-37-31-47(61-6)49(63-8)33-39(37)41(53)27-35-13-15-43(57-2)45(29-35)59-4;2*1-2(3)4/h12-15,28-33H,9-11,16-27H2,1-8H3;2*1H3,(H,3,4)/q+2;;/p-2. The van der Waals surface area contributed by atoms with E-state index in [1.54, 1.807) is 56.9 Å². The van der Waals surface area contributed by atoms with Crippen molar-refractivity contribution in [3.8, 4) is 46.0 Å². The Morgan fingerprint density at radius 1 is 0.452 bits per heavy atom. The number of fused-ring (bicyclic) bond motifs is 2. The number of nitrogens with zero attached hydrogens (tertiary/aromatic N) is 2. The maximum atomic E-state index is 13.0. The summed E-state index contributed by atoms with van der Waals surface area (Å²) < 4.78 is 60.5. The van der Waals surface area contributed by atoms with Gasteiger partial charge in [0.05, 0.1) is 82.9 Å². The molecule has 0 N–H and O–H groups in total. The average molecular weight is 1020 g/mol. The molecule has 0 radical (unpaired) electrons. The van der Waals surface area contributed by atoms with E-state index in [4.69, 9.17) is 67.2 Å². The number of carboxylic acids is 2. The molecule has 0 saturated carbocycles. The van der Waals surface area contributed by atoms with Crippen molar-refractivity contribution >= 4 is 35.3 Å². The first kappa shape index (κ1) is 58.1.